The Balaban J connectivity index is 1.42. The quantitative estimate of drug-likeness (QED) is 0.664. The van der Waals surface area contributed by atoms with Crippen molar-refractivity contribution in [3.8, 4) is 5.69 Å². The van der Waals surface area contributed by atoms with Gasteiger partial charge in [0.1, 0.15) is 5.82 Å². The molecule has 0 saturated heterocycles. The third kappa shape index (κ3) is 4.19. The lowest BCUT2D eigenvalue weighted by molar-refractivity contribution is -0.116. The molecule has 1 aromatic carbocycles. The molecule has 0 bridgehead atoms. The van der Waals surface area contributed by atoms with Crippen LogP contribution in [0.5, 0.6) is 0 Å². The van der Waals surface area contributed by atoms with Crippen molar-refractivity contribution >= 4 is 12.0 Å². The number of rotatable bonds is 5. The molecule has 2 aromatic heterocycles. The zero-order valence-corrected chi connectivity index (χ0v) is 17.4. The summed E-state index contributed by atoms with van der Waals surface area (Å²) in [6.45, 7) is 7.76. The maximum atomic E-state index is 12.3. The maximum Gasteiger partial charge on any atom is 0.244 e. The van der Waals surface area contributed by atoms with Crippen LogP contribution in [0.25, 0.3) is 11.8 Å². The molecular weight excluding hydrogens is 360 g/mol. The standard InChI is InChI=1S/C24H28N4O/c1-17-7-10-22(11-8-17)28-18(2)14-20(19(28)3)9-12-24(29)25-15-21-16-27-13-5-4-6-23(27)26-21/h7-12,14,16H,4-6,13,15H2,1-3H3,(H,25,29)/b12-9+. The van der Waals surface area contributed by atoms with Gasteiger partial charge in [-0.05, 0) is 63.5 Å². The van der Waals surface area contributed by atoms with E-state index in [0.29, 0.717) is 6.54 Å². The smallest absolute Gasteiger partial charge is 0.244 e. The second-order valence-electron chi connectivity index (χ2n) is 7.85. The summed E-state index contributed by atoms with van der Waals surface area (Å²) in [5.74, 6) is 1.04. The second-order valence-corrected chi connectivity index (χ2v) is 7.85. The van der Waals surface area contributed by atoms with E-state index in [9.17, 15) is 4.79 Å². The molecule has 1 amide bonds. The predicted molar refractivity (Wildman–Crippen MR) is 116 cm³/mol. The molecule has 1 N–H and O–H groups in total. The van der Waals surface area contributed by atoms with E-state index in [2.05, 4.69) is 76.7 Å². The molecule has 3 heterocycles. The van der Waals surface area contributed by atoms with E-state index in [4.69, 9.17) is 0 Å². The van der Waals surface area contributed by atoms with Gasteiger partial charge in [-0.25, -0.2) is 4.98 Å². The number of fused-ring (bicyclic) bond motifs is 1. The molecule has 3 aromatic rings. The SMILES string of the molecule is Cc1ccc(-n2c(C)cc(/C=C/C(=O)NCc3cn4c(n3)CCCC4)c2C)cc1. The number of hydrogen-bond donors (Lipinski definition) is 1. The average Bonchev–Trinajstić information content (AvgIpc) is 3.25. The summed E-state index contributed by atoms with van der Waals surface area (Å²) in [5, 5.41) is 2.95. The fourth-order valence-corrected chi connectivity index (χ4v) is 4.01. The van der Waals surface area contributed by atoms with Gasteiger partial charge in [0.15, 0.2) is 0 Å². The molecule has 1 aliphatic heterocycles. The van der Waals surface area contributed by atoms with Gasteiger partial charge in [0, 0.05) is 42.3 Å². The second kappa shape index (κ2) is 8.11. The summed E-state index contributed by atoms with van der Waals surface area (Å²) in [4.78, 5) is 16.9. The van der Waals surface area contributed by atoms with Gasteiger partial charge in [0.05, 0.1) is 12.2 Å². The van der Waals surface area contributed by atoms with Crippen LogP contribution in [0.4, 0.5) is 0 Å². The van der Waals surface area contributed by atoms with Gasteiger partial charge in [0.25, 0.3) is 0 Å². The molecule has 0 unspecified atom stereocenters. The van der Waals surface area contributed by atoms with Crippen LogP contribution >= 0.6 is 0 Å². The normalized spacial score (nSPS) is 13.6. The van der Waals surface area contributed by atoms with Crippen LogP contribution in [0, 0.1) is 20.8 Å². The largest absolute Gasteiger partial charge is 0.347 e. The van der Waals surface area contributed by atoms with E-state index in [0.717, 1.165) is 47.1 Å². The van der Waals surface area contributed by atoms with Crippen molar-refractivity contribution in [2.75, 3.05) is 0 Å². The number of amides is 1. The Labute approximate surface area is 172 Å². The molecule has 0 spiro atoms. The molecule has 0 atom stereocenters. The maximum absolute atomic E-state index is 12.3. The minimum atomic E-state index is -0.101. The topological polar surface area (TPSA) is 51.9 Å². The Hall–Kier alpha value is -3.08. The van der Waals surface area contributed by atoms with Gasteiger partial charge >= 0.3 is 0 Å². The van der Waals surface area contributed by atoms with Crippen molar-refractivity contribution in [1.29, 1.82) is 0 Å². The first-order valence-corrected chi connectivity index (χ1v) is 10.3. The highest BCUT2D eigenvalue weighted by molar-refractivity contribution is 5.91. The van der Waals surface area contributed by atoms with Crippen molar-refractivity contribution in [2.24, 2.45) is 0 Å². The molecule has 5 heteroatoms. The summed E-state index contributed by atoms with van der Waals surface area (Å²) in [5.41, 5.74) is 6.63. The van der Waals surface area contributed by atoms with Crippen LogP contribution < -0.4 is 5.32 Å². The molecule has 5 nitrogen and oxygen atoms in total. The Bertz CT molecular complexity index is 1030. The summed E-state index contributed by atoms with van der Waals surface area (Å²) < 4.78 is 4.42. The monoisotopic (exact) mass is 388 g/mol. The first-order valence-electron chi connectivity index (χ1n) is 10.3. The molecule has 29 heavy (non-hydrogen) atoms. The molecular formula is C24H28N4O. The van der Waals surface area contributed by atoms with E-state index in [1.807, 2.05) is 6.08 Å². The number of nitrogens with one attached hydrogen (secondary N) is 1. The summed E-state index contributed by atoms with van der Waals surface area (Å²) >= 11 is 0. The Kier molecular flexibility index (Phi) is 5.38. The molecule has 0 saturated carbocycles. The lowest BCUT2D eigenvalue weighted by Crippen LogP contribution is -2.20. The molecule has 0 fully saturated rings. The van der Waals surface area contributed by atoms with E-state index in [1.54, 1.807) is 6.08 Å². The van der Waals surface area contributed by atoms with Crippen molar-refractivity contribution in [1.82, 2.24) is 19.4 Å². The number of aryl methyl sites for hydroxylation is 4. The van der Waals surface area contributed by atoms with Crippen LogP contribution in [0.3, 0.4) is 0 Å². The summed E-state index contributed by atoms with van der Waals surface area (Å²) in [7, 11) is 0. The van der Waals surface area contributed by atoms with Crippen LogP contribution in [-0.4, -0.2) is 20.0 Å². The Morgan fingerprint density at radius 1 is 1.17 bits per heavy atom. The Morgan fingerprint density at radius 2 is 1.97 bits per heavy atom. The number of imidazole rings is 1. The van der Waals surface area contributed by atoms with Crippen molar-refractivity contribution in [3.05, 3.63) is 76.6 Å². The van der Waals surface area contributed by atoms with Crippen LogP contribution in [0.15, 0.2) is 42.6 Å². The summed E-state index contributed by atoms with van der Waals surface area (Å²) in [6, 6.07) is 10.6. The fourth-order valence-electron chi connectivity index (χ4n) is 4.01. The number of benzene rings is 1. The van der Waals surface area contributed by atoms with E-state index >= 15 is 0 Å². The van der Waals surface area contributed by atoms with Crippen molar-refractivity contribution in [2.45, 2.75) is 53.1 Å². The van der Waals surface area contributed by atoms with Gasteiger partial charge < -0.3 is 14.5 Å². The van der Waals surface area contributed by atoms with Crippen molar-refractivity contribution in [3.63, 3.8) is 0 Å². The van der Waals surface area contributed by atoms with Gasteiger partial charge in [-0.3, -0.25) is 4.79 Å². The molecule has 150 valence electrons. The van der Waals surface area contributed by atoms with Gasteiger partial charge in [-0.15, -0.1) is 0 Å². The van der Waals surface area contributed by atoms with Gasteiger partial charge in [0.2, 0.25) is 5.91 Å². The van der Waals surface area contributed by atoms with E-state index < -0.39 is 0 Å². The number of carbonyl (C=O) groups excluding carboxylic acids is 1. The molecule has 1 aliphatic rings. The first kappa shape index (κ1) is 19.2. The highest BCUT2D eigenvalue weighted by Gasteiger charge is 2.12. The zero-order valence-electron chi connectivity index (χ0n) is 17.4. The van der Waals surface area contributed by atoms with Crippen LogP contribution in [-0.2, 0) is 24.3 Å². The molecule has 4 rings (SSSR count). The lowest BCUT2D eigenvalue weighted by Gasteiger charge is -2.11. The fraction of sp³-hybridized carbons (Fsp3) is 0.333. The summed E-state index contributed by atoms with van der Waals surface area (Å²) in [6.07, 6.45) is 9.00. The van der Waals surface area contributed by atoms with E-state index in [-0.39, 0.29) is 5.91 Å². The molecule has 0 aliphatic carbocycles. The van der Waals surface area contributed by atoms with Crippen LogP contribution in [0.1, 0.15) is 46.9 Å². The Morgan fingerprint density at radius 3 is 2.72 bits per heavy atom. The highest BCUT2D eigenvalue weighted by atomic mass is 16.1. The molecule has 0 radical (unpaired) electrons. The minimum absolute atomic E-state index is 0.101. The predicted octanol–water partition coefficient (Wildman–Crippen LogP) is 4.26. The van der Waals surface area contributed by atoms with Gasteiger partial charge in [-0.2, -0.15) is 0 Å². The van der Waals surface area contributed by atoms with E-state index in [1.165, 1.54) is 18.4 Å². The third-order valence-electron chi connectivity index (χ3n) is 5.58. The van der Waals surface area contributed by atoms with Crippen LogP contribution in [0.2, 0.25) is 0 Å². The number of nitrogens with zero attached hydrogens (tertiary/aromatic N) is 3. The minimum Gasteiger partial charge on any atom is -0.347 e. The number of carbonyl (C=O) groups is 1. The number of aromatic nitrogens is 3. The third-order valence-corrected chi connectivity index (χ3v) is 5.58. The van der Waals surface area contributed by atoms with Gasteiger partial charge in [-0.1, -0.05) is 17.7 Å². The highest BCUT2D eigenvalue weighted by Crippen LogP contribution is 2.22. The lowest BCUT2D eigenvalue weighted by atomic mass is 10.2. The first-order chi connectivity index (χ1) is 14.0. The zero-order chi connectivity index (χ0) is 20.4. The average molecular weight is 389 g/mol. The van der Waals surface area contributed by atoms with Crippen molar-refractivity contribution < 1.29 is 4.79 Å². The number of hydrogen-bond acceptors (Lipinski definition) is 2.